The van der Waals surface area contributed by atoms with Crippen LogP contribution in [0.2, 0.25) is 0 Å². The molecule has 0 aliphatic rings. The molecule has 1 aromatic rings. The monoisotopic (exact) mass is 193 g/mol. The van der Waals surface area contributed by atoms with Crippen LogP contribution < -0.4 is 0 Å². The van der Waals surface area contributed by atoms with Crippen LogP contribution in [0, 0.1) is 10.1 Å². The summed E-state index contributed by atoms with van der Waals surface area (Å²) in [6, 6.07) is 4.62. The Morgan fingerprint density at radius 1 is 1.64 bits per heavy atom. The number of rotatable bonds is 4. The Balaban J connectivity index is 3.13. The molecule has 0 saturated carbocycles. The second-order valence-corrected chi connectivity index (χ2v) is 2.78. The average molecular weight is 193 g/mol. The van der Waals surface area contributed by atoms with Crippen molar-refractivity contribution < 1.29 is 9.66 Å². The molecule has 0 saturated heterocycles. The van der Waals surface area contributed by atoms with E-state index in [2.05, 4.69) is 6.58 Å². The summed E-state index contributed by atoms with van der Waals surface area (Å²) < 4.78 is 4.93. The van der Waals surface area contributed by atoms with Crippen molar-refractivity contribution in [3.63, 3.8) is 0 Å². The number of non-ortho nitro benzene ring substituents is 1. The zero-order valence-electron chi connectivity index (χ0n) is 7.90. The maximum atomic E-state index is 10.5. The van der Waals surface area contributed by atoms with Gasteiger partial charge in [-0.2, -0.15) is 0 Å². The van der Waals surface area contributed by atoms with Crippen molar-refractivity contribution in [1.82, 2.24) is 0 Å². The van der Waals surface area contributed by atoms with Crippen LogP contribution in [-0.2, 0) is 11.3 Å². The molecule has 0 aliphatic heterocycles. The molecular formula is C10H11NO3. The number of methoxy groups -OCH3 is 1. The summed E-state index contributed by atoms with van der Waals surface area (Å²) in [5, 5.41) is 10.5. The minimum Gasteiger partial charge on any atom is -0.380 e. The molecule has 1 rings (SSSR count). The first kappa shape index (κ1) is 10.4. The summed E-state index contributed by atoms with van der Waals surface area (Å²) in [6.07, 6.45) is 1.65. The first-order valence-electron chi connectivity index (χ1n) is 4.07. The zero-order valence-corrected chi connectivity index (χ0v) is 7.90. The highest BCUT2D eigenvalue weighted by Crippen LogP contribution is 2.19. The Hall–Kier alpha value is -1.68. The molecule has 14 heavy (non-hydrogen) atoms. The summed E-state index contributed by atoms with van der Waals surface area (Å²) in [5.74, 6) is 0. The van der Waals surface area contributed by atoms with Gasteiger partial charge < -0.3 is 4.74 Å². The molecule has 1 aromatic carbocycles. The second-order valence-electron chi connectivity index (χ2n) is 2.78. The molecule has 0 spiro atoms. The maximum absolute atomic E-state index is 10.5. The number of nitro benzene ring substituents is 1. The van der Waals surface area contributed by atoms with Crippen molar-refractivity contribution in [2.24, 2.45) is 0 Å². The van der Waals surface area contributed by atoms with Crippen LogP contribution in [0.1, 0.15) is 11.1 Å². The largest absolute Gasteiger partial charge is 0.380 e. The smallest absolute Gasteiger partial charge is 0.269 e. The molecule has 0 heterocycles. The minimum atomic E-state index is -0.425. The highest BCUT2D eigenvalue weighted by Gasteiger charge is 2.08. The van der Waals surface area contributed by atoms with Crippen molar-refractivity contribution in [3.05, 3.63) is 46.0 Å². The van der Waals surface area contributed by atoms with Gasteiger partial charge in [0.1, 0.15) is 0 Å². The van der Waals surface area contributed by atoms with Gasteiger partial charge in [-0.05, 0) is 17.2 Å². The lowest BCUT2D eigenvalue weighted by Crippen LogP contribution is -1.95. The van der Waals surface area contributed by atoms with Gasteiger partial charge in [-0.1, -0.05) is 12.7 Å². The van der Waals surface area contributed by atoms with Crippen LogP contribution in [0.15, 0.2) is 24.8 Å². The molecule has 0 atom stereocenters. The van der Waals surface area contributed by atoms with Crippen molar-refractivity contribution in [2.75, 3.05) is 7.11 Å². The van der Waals surface area contributed by atoms with E-state index in [0.717, 1.165) is 11.1 Å². The minimum absolute atomic E-state index is 0.0719. The van der Waals surface area contributed by atoms with E-state index in [-0.39, 0.29) is 5.69 Å². The third-order valence-electron chi connectivity index (χ3n) is 1.86. The van der Waals surface area contributed by atoms with E-state index in [9.17, 15) is 10.1 Å². The average Bonchev–Trinajstić information content (AvgIpc) is 2.18. The van der Waals surface area contributed by atoms with E-state index in [0.29, 0.717) is 6.61 Å². The molecule has 0 fully saturated rings. The molecule has 74 valence electrons. The third kappa shape index (κ3) is 2.17. The molecular weight excluding hydrogens is 182 g/mol. The summed E-state index contributed by atoms with van der Waals surface area (Å²) in [5.41, 5.74) is 1.71. The predicted molar refractivity (Wildman–Crippen MR) is 53.9 cm³/mol. The Kier molecular flexibility index (Phi) is 3.36. The zero-order chi connectivity index (χ0) is 10.6. The molecule has 0 N–H and O–H groups in total. The fourth-order valence-electron chi connectivity index (χ4n) is 1.19. The van der Waals surface area contributed by atoms with E-state index < -0.39 is 4.92 Å². The normalized spacial score (nSPS) is 9.79. The van der Waals surface area contributed by atoms with Crippen LogP contribution in [0.4, 0.5) is 5.69 Å². The van der Waals surface area contributed by atoms with Crippen LogP contribution >= 0.6 is 0 Å². The summed E-state index contributed by atoms with van der Waals surface area (Å²) in [6.45, 7) is 3.97. The standard InChI is InChI=1S/C10H11NO3/c1-3-8-4-5-10(11(12)13)6-9(8)7-14-2/h3-6H,1,7H2,2H3. The lowest BCUT2D eigenvalue weighted by molar-refractivity contribution is -0.384. The molecule has 0 aromatic heterocycles. The van der Waals surface area contributed by atoms with E-state index >= 15 is 0 Å². The Labute approximate surface area is 82.0 Å². The molecule has 0 amide bonds. The predicted octanol–water partition coefficient (Wildman–Crippen LogP) is 2.38. The van der Waals surface area contributed by atoms with Crippen molar-refractivity contribution in [3.8, 4) is 0 Å². The van der Waals surface area contributed by atoms with E-state index in [1.807, 2.05) is 0 Å². The number of benzene rings is 1. The number of nitrogens with zero attached hydrogens (tertiary/aromatic N) is 1. The Morgan fingerprint density at radius 3 is 2.86 bits per heavy atom. The lowest BCUT2D eigenvalue weighted by atomic mass is 10.1. The highest BCUT2D eigenvalue weighted by molar-refractivity contribution is 5.55. The van der Waals surface area contributed by atoms with Gasteiger partial charge in [0.05, 0.1) is 11.5 Å². The summed E-state index contributed by atoms with van der Waals surface area (Å²) in [7, 11) is 1.55. The highest BCUT2D eigenvalue weighted by atomic mass is 16.6. The molecule has 0 aliphatic carbocycles. The van der Waals surface area contributed by atoms with Gasteiger partial charge in [0.15, 0.2) is 0 Å². The Morgan fingerprint density at radius 2 is 2.36 bits per heavy atom. The van der Waals surface area contributed by atoms with Gasteiger partial charge in [-0.15, -0.1) is 0 Å². The quantitative estimate of drug-likeness (QED) is 0.545. The van der Waals surface area contributed by atoms with Crippen LogP contribution in [-0.4, -0.2) is 12.0 Å². The molecule has 4 heteroatoms. The number of hydrogen-bond acceptors (Lipinski definition) is 3. The van der Waals surface area contributed by atoms with Crippen molar-refractivity contribution in [1.29, 1.82) is 0 Å². The van der Waals surface area contributed by atoms with Crippen LogP contribution in [0.25, 0.3) is 6.08 Å². The first-order chi connectivity index (χ1) is 6.69. The van der Waals surface area contributed by atoms with Gasteiger partial charge in [0, 0.05) is 19.2 Å². The summed E-state index contributed by atoms with van der Waals surface area (Å²) in [4.78, 5) is 10.1. The summed E-state index contributed by atoms with van der Waals surface area (Å²) >= 11 is 0. The second kappa shape index (κ2) is 4.53. The van der Waals surface area contributed by atoms with E-state index in [1.54, 1.807) is 19.3 Å². The van der Waals surface area contributed by atoms with Gasteiger partial charge in [0.25, 0.3) is 5.69 Å². The van der Waals surface area contributed by atoms with Gasteiger partial charge in [-0.25, -0.2) is 0 Å². The van der Waals surface area contributed by atoms with Crippen LogP contribution in [0.5, 0.6) is 0 Å². The molecule has 0 unspecified atom stereocenters. The van der Waals surface area contributed by atoms with Crippen molar-refractivity contribution in [2.45, 2.75) is 6.61 Å². The number of hydrogen-bond donors (Lipinski definition) is 0. The maximum Gasteiger partial charge on any atom is 0.269 e. The molecule has 0 radical (unpaired) electrons. The fourth-order valence-corrected chi connectivity index (χ4v) is 1.19. The first-order valence-corrected chi connectivity index (χ1v) is 4.07. The number of nitro groups is 1. The van der Waals surface area contributed by atoms with E-state index in [4.69, 9.17) is 4.74 Å². The Bertz CT molecular complexity index is 360. The van der Waals surface area contributed by atoms with E-state index in [1.165, 1.54) is 12.1 Å². The van der Waals surface area contributed by atoms with Crippen molar-refractivity contribution >= 4 is 11.8 Å². The number of ether oxygens (including phenoxy) is 1. The SMILES string of the molecule is C=Cc1ccc([N+](=O)[O-])cc1COC. The third-order valence-corrected chi connectivity index (χ3v) is 1.86. The topological polar surface area (TPSA) is 52.4 Å². The van der Waals surface area contributed by atoms with Gasteiger partial charge >= 0.3 is 0 Å². The van der Waals surface area contributed by atoms with Gasteiger partial charge in [0.2, 0.25) is 0 Å². The molecule has 0 bridgehead atoms. The van der Waals surface area contributed by atoms with Crippen LogP contribution in [0.3, 0.4) is 0 Å². The fraction of sp³-hybridized carbons (Fsp3) is 0.200. The molecule has 4 nitrogen and oxygen atoms in total. The van der Waals surface area contributed by atoms with Gasteiger partial charge in [-0.3, -0.25) is 10.1 Å². The lowest BCUT2D eigenvalue weighted by Gasteiger charge is -2.03.